The van der Waals surface area contributed by atoms with Gasteiger partial charge in [-0.25, -0.2) is 0 Å². The molecule has 1 aliphatic rings. The zero-order valence-corrected chi connectivity index (χ0v) is 17.6. The lowest BCUT2D eigenvalue weighted by atomic mass is 10.0. The Balaban J connectivity index is 0.00000205. The lowest BCUT2D eigenvalue weighted by molar-refractivity contribution is -0.509. The molecule has 0 radical (unpaired) electrons. The van der Waals surface area contributed by atoms with Gasteiger partial charge in [-0.15, -0.1) is 0 Å². The predicted octanol–water partition coefficient (Wildman–Crippen LogP) is 0.196. The second-order valence-corrected chi connectivity index (χ2v) is 6.42. The van der Waals surface area contributed by atoms with Gasteiger partial charge in [-0.05, 0) is 17.5 Å². The second kappa shape index (κ2) is 7.04. The second-order valence-electron chi connectivity index (χ2n) is 6.42. The number of fused-ring (bicyclic) bond motifs is 6. The van der Waals surface area contributed by atoms with E-state index in [-0.39, 0.29) is 29.5 Å². The van der Waals surface area contributed by atoms with Crippen LogP contribution >= 0.6 is 0 Å². The van der Waals surface area contributed by atoms with Gasteiger partial charge in [-0.2, -0.15) is 4.40 Å². The van der Waals surface area contributed by atoms with E-state index in [1.807, 2.05) is 35.0 Å². The Morgan fingerprint density at radius 3 is 2.41 bits per heavy atom. The van der Waals surface area contributed by atoms with Crippen LogP contribution in [0.15, 0.2) is 36.7 Å². The molecule has 29 heavy (non-hydrogen) atoms. The number of hydrogen-bond acceptors (Lipinski definition) is 6. The van der Waals surface area contributed by atoms with Gasteiger partial charge in [0, 0.05) is 17.5 Å². The summed E-state index contributed by atoms with van der Waals surface area (Å²) in [6.07, 6.45) is 3.76. The zero-order valence-electron chi connectivity index (χ0n) is 16.0. The monoisotopic (exact) mass is 459 g/mol. The molecule has 3 heterocycles. The number of benzene rings is 2. The summed E-state index contributed by atoms with van der Waals surface area (Å²) in [6, 6.07) is 7.57. The number of hydrogen-bond donors (Lipinski definition) is 1. The summed E-state index contributed by atoms with van der Waals surface area (Å²) >= 11 is 0. The van der Waals surface area contributed by atoms with E-state index < -0.39 is 0 Å². The average Bonchev–Trinajstić information content (AvgIpc) is 3.21. The number of phenolic OH excluding ortho intramolecular Hbond substituents is 1. The minimum atomic E-state index is 0. The number of pyridine rings is 2. The maximum Gasteiger partial charge on any atom is 0.231 e. The van der Waals surface area contributed by atoms with Gasteiger partial charge >= 0.3 is 0 Å². The van der Waals surface area contributed by atoms with Gasteiger partial charge in [0.15, 0.2) is 35.4 Å². The Bertz CT molecular complexity index is 1270. The number of aromatic nitrogens is 1. The molecule has 8 heteroatoms. The minimum Gasteiger partial charge on any atom is -1.00 e. The van der Waals surface area contributed by atoms with E-state index in [1.54, 1.807) is 20.3 Å². The number of methoxy groups -OCH3 is 3. The van der Waals surface area contributed by atoms with Gasteiger partial charge in [0.2, 0.25) is 23.8 Å². The van der Waals surface area contributed by atoms with Crippen molar-refractivity contribution in [1.82, 2.24) is 0 Å². The third-order valence-electron chi connectivity index (χ3n) is 5.10. The molecule has 0 spiro atoms. The molecule has 4 aromatic rings. The molecule has 0 bridgehead atoms. The van der Waals surface area contributed by atoms with E-state index >= 15 is 0 Å². The van der Waals surface area contributed by atoms with Crippen molar-refractivity contribution in [2.75, 3.05) is 28.1 Å². The minimum absolute atomic E-state index is 0. The van der Waals surface area contributed by atoms with Gasteiger partial charge in [-0.3, -0.25) is 0 Å². The van der Waals surface area contributed by atoms with Crippen molar-refractivity contribution in [3.63, 3.8) is 0 Å². The molecule has 5 rings (SSSR count). The number of aromatic hydroxyl groups is 1. The number of rotatable bonds is 3. The third-order valence-corrected chi connectivity index (χ3v) is 5.10. The molecular weight excluding hydrogens is 442 g/mol. The predicted molar refractivity (Wildman–Crippen MR) is 102 cm³/mol. The number of ether oxygens (including phenoxy) is 5. The molecule has 0 fully saturated rings. The molecule has 2 aromatic carbocycles. The average molecular weight is 460 g/mol. The molecule has 0 saturated carbocycles. The molecule has 0 atom stereocenters. The Kier molecular flexibility index (Phi) is 4.66. The van der Waals surface area contributed by atoms with Crippen molar-refractivity contribution in [3.05, 3.63) is 36.7 Å². The first-order valence-electron chi connectivity index (χ1n) is 8.69. The first-order chi connectivity index (χ1) is 13.7. The molecule has 2 aromatic heterocycles. The van der Waals surface area contributed by atoms with Crippen LogP contribution in [0.5, 0.6) is 34.5 Å². The van der Waals surface area contributed by atoms with E-state index in [1.165, 1.54) is 7.11 Å². The standard InChI is InChI=1S/C21H17NO6.BrH/c1-24-15-5-4-11-8-14-16-12(6-7-22(14)9-13(11)17(15)23)18(25-2)20(26-3)21-19(16)27-10-28-21;/h4-9H,10H2,1-3H3;1H. The smallest absolute Gasteiger partial charge is 0.231 e. The van der Waals surface area contributed by atoms with Gasteiger partial charge in [0.05, 0.1) is 26.7 Å². The Hall–Kier alpha value is -3.13. The number of halogens is 1. The van der Waals surface area contributed by atoms with Gasteiger partial charge in [-0.1, -0.05) is 0 Å². The van der Waals surface area contributed by atoms with Crippen LogP contribution in [0.1, 0.15) is 0 Å². The van der Waals surface area contributed by atoms with E-state index in [0.717, 1.165) is 21.7 Å². The highest BCUT2D eigenvalue weighted by atomic mass is 79.9. The van der Waals surface area contributed by atoms with Crippen LogP contribution in [-0.4, -0.2) is 33.2 Å². The normalized spacial score (nSPS) is 12.2. The maximum atomic E-state index is 10.5. The van der Waals surface area contributed by atoms with Crippen LogP contribution in [-0.2, 0) is 0 Å². The summed E-state index contributed by atoms with van der Waals surface area (Å²) in [5.41, 5.74) is 0.886. The summed E-state index contributed by atoms with van der Waals surface area (Å²) in [6.45, 7) is 0.112. The molecule has 0 aliphatic carbocycles. The van der Waals surface area contributed by atoms with E-state index in [9.17, 15) is 5.11 Å². The highest BCUT2D eigenvalue weighted by molar-refractivity contribution is 6.08. The van der Waals surface area contributed by atoms with Crippen molar-refractivity contribution in [2.45, 2.75) is 0 Å². The van der Waals surface area contributed by atoms with Crippen molar-refractivity contribution in [1.29, 1.82) is 0 Å². The van der Waals surface area contributed by atoms with Crippen LogP contribution in [0.3, 0.4) is 0 Å². The van der Waals surface area contributed by atoms with E-state index in [2.05, 4.69) is 0 Å². The SMILES string of the molecule is COc1ccc2cc3c4c5c(c(OC)c(OC)c4cc[n+]3cc2c1O)OCO5.[Br-]. The van der Waals surface area contributed by atoms with Crippen LogP contribution in [0, 0.1) is 0 Å². The van der Waals surface area contributed by atoms with Crippen LogP contribution in [0.25, 0.3) is 27.1 Å². The van der Waals surface area contributed by atoms with E-state index in [4.69, 9.17) is 23.7 Å². The van der Waals surface area contributed by atoms with Crippen LogP contribution in [0.4, 0.5) is 0 Å². The maximum absolute atomic E-state index is 10.5. The fraction of sp³-hybridized carbons (Fsp3) is 0.190. The third kappa shape index (κ3) is 2.59. The lowest BCUT2D eigenvalue weighted by Crippen LogP contribution is -3.00. The first-order valence-corrected chi connectivity index (χ1v) is 8.69. The molecule has 0 unspecified atom stereocenters. The zero-order chi connectivity index (χ0) is 19.4. The highest BCUT2D eigenvalue weighted by Crippen LogP contribution is 2.53. The molecule has 1 aliphatic heterocycles. The molecule has 0 amide bonds. The topological polar surface area (TPSA) is 70.5 Å². The Labute approximate surface area is 176 Å². The van der Waals surface area contributed by atoms with Gasteiger partial charge in [0.1, 0.15) is 5.39 Å². The van der Waals surface area contributed by atoms with Crippen molar-refractivity contribution in [2.24, 2.45) is 0 Å². The first kappa shape index (κ1) is 19.2. The highest BCUT2D eigenvalue weighted by Gasteiger charge is 2.31. The lowest BCUT2D eigenvalue weighted by Gasteiger charge is -2.13. The molecule has 150 valence electrons. The molecular formula is C21H18BrNO6. The number of nitrogens with zero attached hydrogens (tertiary/aromatic N) is 1. The summed E-state index contributed by atoms with van der Waals surface area (Å²) in [4.78, 5) is 0. The molecule has 7 nitrogen and oxygen atoms in total. The van der Waals surface area contributed by atoms with Crippen LogP contribution < -0.4 is 45.1 Å². The summed E-state index contributed by atoms with van der Waals surface area (Å²) < 4.78 is 29.8. The van der Waals surface area contributed by atoms with E-state index in [0.29, 0.717) is 34.1 Å². The Morgan fingerprint density at radius 1 is 0.931 bits per heavy atom. The molecule has 0 saturated heterocycles. The molecule has 1 N–H and O–H groups in total. The summed E-state index contributed by atoms with van der Waals surface area (Å²) in [5, 5.41) is 13.8. The van der Waals surface area contributed by atoms with Gasteiger partial charge < -0.3 is 45.8 Å². The fourth-order valence-corrected chi connectivity index (χ4v) is 3.84. The Morgan fingerprint density at radius 2 is 1.69 bits per heavy atom. The largest absolute Gasteiger partial charge is 1.00 e. The van der Waals surface area contributed by atoms with Crippen LogP contribution in [0.2, 0.25) is 0 Å². The quantitative estimate of drug-likeness (QED) is 0.268. The summed E-state index contributed by atoms with van der Waals surface area (Å²) in [5.74, 6) is 2.77. The van der Waals surface area contributed by atoms with Crippen molar-refractivity contribution < 1.29 is 50.2 Å². The number of phenols is 1. The summed E-state index contributed by atoms with van der Waals surface area (Å²) in [7, 11) is 4.70. The fourth-order valence-electron chi connectivity index (χ4n) is 3.84. The van der Waals surface area contributed by atoms with Crippen molar-refractivity contribution in [3.8, 4) is 34.5 Å². The van der Waals surface area contributed by atoms with Crippen molar-refractivity contribution >= 4 is 27.1 Å². The van der Waals surface area contributed by atoms with Gasteiger partial charge in [0.25, 0.3) is 0 Å².